The Balaban J connectivity index is 1.39. The highest BCUT2D eigenvalue weighted by molar-refractivity contribution is 7.99. The zero-order valence-electron chi connectivity index (χ0n) is 16.3. The molecule has 0 saturated heterocycles. The summed E-state index contributed by atoms with van der Waals surface area (Å²) < 4.78 is 7.85. The molecule has 0 bridgehead atoms. The molecule has 0 saturated carbocycles. The summed E-state index contributed by atoms with van der Waals surface area (Å²) in [7, 11) is 0. The molecule has 0 spiro atoms. The van der Waals surface area contributed by atoms with Crippen molar-refractivity contribution in [3.05, 3.63) is 67.4 Å². The summed E-state index contributed by atoms with van der Waals surface area (Å²) in [6.07, 6.45) is 0.510. The molecule has 0 radical (unpaired) electrons. The number of aromatic nitrogens is 4. The van der Waals surface area contributed by atoms with Crippen LogP contribution in [0, 0.1) is 20.8 Å². The molecule has 9 heteroatoms. The van der Waals surface area contributed by atoms with Crippen LogP contribution >= 0.6 is 34.4 Å². The summed E-state index contributed by atoms with van der Waals surface area (Å²) in [6, 6.07) is 6.13. The van der Waals surface area contributed by atoms with Crippen molar-refractivity contribution in [1.29, 1.82) is 0 Å². The van der Waals surface area contributed by atoms with Gasteiger partial charge in [0.15, 0.2) is 5.78 Å². The third-order valence-corrected chi connectivity index (χ3v) is 7.04. The van der Waals surface area contributed by atoms with E-state index in [2.05, 4.69) is 31.2 Å². The van der Waals surface area contributed by atoms with Gasteiger partial charge in [-0.1, -0.05) is 17.8 Å². The van der Waals surface area contributed by atoms with Crippen molar-refractivity contribution in [1.82, 2.24) is 19.7 Å². The average Bonchev–Trinajstić information content (AvgIpc) is 3.47. The predicted molar refractivity (Wildman–Crippen MR) is 116 cm³/mol. The van der Waals surface area contributed by atoms with Crippen LogP contribution < -0.4 is 0 Å². The average molecular weight is 445 g/mol. The van der Waals surface area contributed by atoms with Gasteiger partial charge < -0.3 is 8.98 Å². The van der Waals surface area contributed by atoms with Crippen molar-refractivity contribution in [3.63, 3.8) is 0 Å². The number of ketones is 1. The van der Waals surface area contributed by atoms with Gasteiger partial charge in [-0.2, -0.15) is 0 Å². The van der Waals surface area contributed by atoms with Crippen molar-refractivity contribution in [2.24, 2.45) is 0 Å². The molecule has 0 aliphatic carbocycles. The van der Waals surface area contributed by atoms with E-state index in [1.165, 1.54) is 16.6 Å². The molecule has 4 rings (SSSR count). The first-order valence-corrected chi connectivity index (χ1v) is 11.8. The summed E-state index contributed by atoms with van der Waals surface area (Å²) in [5.41, 5.74) is 3.75. The minimum Gasteiger partial charge on any atom is -0.416 e. The van der Waals surface area contributed by atoms with Gasteiger partial charge in [-0.15, -0.1) is 32.9 Å². The minimum atomic E-state index is 0.0652. The maximum absolute atomic E-state index is 12.8. The van der Waals surface area contributed by atoms with E-state index in [9.17, 15) is 4.79 Å². The monoisotopic (exact) mass is 444 g/mol. The minimum absolute atomic E-state index is 0.0652. The van der Waals surface area contributed by atoms with E-state index >= 15 is 0 Å². The molecule has 0 unspecified atom stereocenters. The van der Waals surface area contributed by atoms with Crippen LogP contribution in [0.15, 0.2) is 38.6 Å². The molecule has 4 aromatic rings. The number of carbonyl (C=O) groups excluding carboxylic acids is 1. The number of rotatable bonds is 8. The lowest BCUT2D eigenvalue weighted by Gasteiger charge is -2.08. The number of aryl methyl sites for hydroxylation is 2. The highest BCUT2D eigenvalue weighted by atomic mass is 32.2. The molecule has 0 amide bonds. The van der Waals surface area contributed by atoms with Crippen molar-refractivity contribution < 1.29 is 9.21 Å². The molecule has 0 fully saturated rings. The lowest BCUT2D eigenvalue weighted by molar-refractivity contribution is 0.102. The van der Waals surface area contributed by atoms with Gasteiger partial charge in [-0.25, -0.2) is 4.98 Å². The number of hydrogen-bond acceptors (Lipinski definition) is 8. The first-order valence-electron chi connectivity index (χ1n) is 9.08. The van der Waals surface area contributed by atoms with E-state index in [0.717, 1.165) is 34.2 Å². The van der Waals surface area contributed by atoms with Crippen LogP contribution in [0.25, 0.3) is 0 Å². The molecule has 4 heterocycles. The Hall–Kier alpha value is -2.23. The second-order valence-electron chi connectivity index (χ2n) is 6.66. The zero-order valence-corrected chi connectivity index (χ0v) is 18.8. The molecule has 0 aliphatic heterocycles. The Kier molecular flexibility index (Phi) is 5.98. The second-order valence-corrected chi connectivity index (χ2v) is 9.68. The van der Waals surface area contributed by atoms with Crippen LogP contribution in [-0.4, -0.2) is 31.3 Å². The van der Waals surface area contributed by atoms with Crippen LogP contribution in [0.2, 0.25) is 0 Å². The van der Waals surface area contributed by atoms with E-state index < -0.39 is 0 Å². The summed E-state index contributed by atoms with van der Waals surface area (Å²) in [5, 5.41) is 13.6. The smallest absolute Gasteiger partial charge is 0.277 e. The molecule has 29 heavy (non-hydrogen) atoms. The molecular weight excluding hydrogens is 424 g/mol. The normalized spacial score (nSPS) is 11.3. The Labute approximate surface area is 181 Å². The van der Waals surface area contributed by atoms with E-state index in [1.807, 2.05) is 38.3 Å². The topological polar surface area (TPSA) is 73.8 Å². The van der Waals surface area contributed by atoms with E-state index in [4.69, 9.17) is 4.42 Å². The van der Waals surface area contributed by atoms with Crippen molar-refractivity contribution in [2.45, 2.75) is 39.0 Å². The standard InChI is InChI=1S/C20H20N4O2S3/c1-12-7-17(13(2)24(12)9-16-5-4-6-27-16)18(25)11-29-20-23-22-19(26-20)8-15-10-28-14(3)21-15/h4-7,10H,8-9,11H2,1-3H3. The van der Waals surface area contributed by atoms with E-state index in [1.54, 1.807) is 22.7 Å². The molecule has 0 aromatic carbocycles. The van der Waals surface area contributed by atoms with Gasteiger partial charge in [0.1, 0.15) is 0 Å². The highest BCUT2D eigenvalue weighted by Gasteiger charge is 2.18. The molecule has 0 N–H and O–H groups in total. The Morgan fingerprint density at radius 3 is 2.83 bits per heavy atom. The fourth-order valence-corrected chi connectivity index (χ4v) is 5.07. The SMILES string of the molecule is Cc1nc(Cc2nnc(SCC(=O)c3cc(C)n(Cc4cccs4)c3C)o2)cs1. The van der Waals surface area contributed by atoms with Crippen LogP contribution in [0.3, 0.4) is 0 Å². The largest absolute Gasteiger partial charge is 0.416 e. The van der Waals surface area contributed by atoms with Crippen molar-refractivity contribution in [2.75, 3.05) is 5.75 Å². The van der Waals surface area contributed by atoms with Gasteiger partial charge in [0, 0.05) is 27.2 Å². The third kappa shape index (κ3) is 4.68. The van der Waals surface area contributed by atoms with Crippen LogP contribution in [-0.2, 0) is 13.0 Å². The molecule has 0 aliphatic rings. The van der Waals surface area contributed by atoms with Gasteiger partial charge in [0.05, 0.1) is 29.4 Å². The number of hydrogen-bond donors (Lipinski definition) is 0. The number of thioether (sulfide) groups is 1. The lowest BCUT2D eigenvalue weighted by atomic mass is 10.2. The number of nitrogens with zero attached hydrogens (tertiary/aromatic N) is 4. The fourth-order valence-electron chi connectivity index (χ4n) is 3.10. The maximum atomic E-state index is 12.8. The molecule has 0 atom stereocenters. The first kappa shape index (κ1) is 20.1. The van der Waals surface area contributed by atoms with E-state index in [0.29, 0.717) is 17.5 Å². The maximum Gasteiger partial charge on any atom is 0.277 e. The van der Waals surface area contributed by atoms with Crippen molar-refractivity contribution >= 4 is 40.2 Å². The predicted octanol–water partition coefficient (Wildman–Crippen LogP) is 4.93. The Bertz CT molecular complexity index is 1120. The summed E-state index contributed by atoms with van der Waals surface area (Å²) in [6.45, 7) is 6.79. The number of Topliss-reactive ketones (excluding diaryl/α,β-unsaturated/α-hetero) is 1. The van der Waals surface area contributed by atoms with Crippen LogP contribution in [0.5, 0.6) is 0 Å². The Morgan fingerprint density at radius 1 is 1.24 bits per heavy atom. The Morgan fingerprint density at radius 2 is 2.10 bits per heavy atom. The van der Waals surface area contributed by atoms with Gasteiger partial charge >= 0.3 is 0 Å². The summed E-state index contributed by atoms with van der Waals surface area (Å²) >= 11 is 4.59. The van der Waals surface area contributed by atoms with Crippen LogP contribution in [0.4, 0.5) is 0 Å². The molecule has 4 aromatic heterocycles. The van der Waals surface area contributed by atoms with Crippen LogP contribution in [0.1, 0.15) is 43.2 Å². The second kappa shape index (κ2) is 8.64. The van der Waals surface area contributed by atoms with Gasteiger partial charge in [0.2, 0.25) is 5.89 Å². The van der Waals surface area contributed by atoms with Crippen molar-refractivity contribution in [3.8, 4) is 0 Å². The highest BCUT2D eigenvalue weighted by Crippen LogP contribution is 2.23. The summed E-state index contributed by atoms with van der Waals surface area (Å²) in [5.74, 6) is 0.843. The number of carbonyl (C=O) groups is 1. The molecule has 150 valence electrons. The lowest BCUT2D eigenvalue weighted by Crippen LogP contribution is -2.07. The van der Waals surface area contributed by atoms with E-state index in [-0.39, 0.29) is 11.5 Å². The molecular formula is C20H20N4O2S3. The van der Waals surface area contributed by atoms with Gasteiger partial charge in [-0.05, 0) is 38.3 Å². The number of thiazole rings is 1. The van der Waals surface area contributed by atoms with Gasteiger partial charge in [0.25, 0.3) is 5.22 Å². The van der Waals surface area contributed by atoms with Gasteiger partial charge in [-0.3, -0.25) is 4.79 Å². The zero-order chi connectivity index (χ0) is 20.4. The third-order valence-electron chi connectivity index (χ3n) is 4.54. The first-order chi connectivity index (χ1) is 14.0. The number of thiophene rings is 1. The quantitative estimate of drug-likeness (QED) is 0.283. The fraction of sp³-hybridized carbons (Fsp3) is 0.300. The summed E-state index contributed by atoms with van der Waals surface area (Å²) in [4.78, 5) is 18.5. The molecule has 6 nitrogen and oxygen atoms in total.